The minimum absolute atomic E-state index is 0.181. The summed E-state index contributed by atoms with van der Waals surface area (Å²) in [7, 11) is 0. The summed E-state index contributed by atoms with van der Waals surface area (Å²) in [5.74, 6) is -0.181. The molecule has 3 aromatic rings. The molecule has 0 amide bonds. The third-order valence-corrected chi connectivity index (χ3v) is 3.49. The van der Waals surface area contributed by atoms with Crippen molar-refractivity contribution in [2.45, 2.75) is 13.3 Å². The Labute approximate surface area is 123 Å². The second kappa shape index (κ2) is 5.83. The molecule has 21 heavy (non-hydrogen) atoms. The van der Waals surface area contributed by atoms with E-state index in [2.05, 4.69) is 29.2 Å². The van der Waals surface area contributed by atoms with Crippen LogP contribution in [0.15, 0.2) is 54.7 Å². The monoisotopic (exact) mass is 279 g/mol. The van der Waals surface area contributed by atoms with Gasteiger partial charge in [0.2, 0.25) is 0 Å². The number of hydrogen-bond donors (Lipinski definition) is 1. The van der Waals surface area contributed by atoms with Gasteiger partial charge in [0.25, 0.3) is 0 Å². The molecule has 0 spiro atoms. The Hall–Kier alpha value is -2.55. The number of carbonyl (C=O) groups is 1. The fourth-order valence-electron chi connectivity index (χ4n) is 2.43. The molecule has 0 aliphatic heterocycles. The first-order valence-electron chi connectivity index (χ1n) is 7.08. The highest BCUT2D eigenvalue weighted by Gasteiger charge is 2.05. The zero-order chi connectivity index (χ0) is 14.7. The molecule has 3 rings (SSSR count). The molecule has 0 bridgehead atoms. The lowest BCUT2D eigenvalue weighted by molar-refractivity contribution is -0.142. The maximum Gasteiger partial charge on any atom is 0.310 e. The number of aromatic amines is 1. The number of hydrogen-bond acceptors (Lipinski definition) is 2. The van der Waals surface area contributed by atoms with Crippen molar-refractivity contribution >= 4 is 16.9 Å². The number of aromatic nitrogens is 1. The molecule has 0 radical (unpaired) electrons. The lowest BCUT2D eigenvalue weighted by Crippen LogP contribution is -2.07. The average Bonchev–Trinajstić information content (AvgIpc) is 2.95. The molecule has 1 aromatic heterocycles. The van der Waals surface area contributed by atoms with Gasteiger partial charge in [0.1, 0.15) is 0 Å². The zero-order valence-corrected chi connectivity index (χ0v) is 11.9. The fraction of sp³-hybridized carbons (Fsp3) is 0.167. The predicted molar refractivity (Wildman–Crippen MR) is 84.1 cm³/mol. The summed E-state index contributed by atoms with van der Waals surface area (Å²) in [6.07, 6.45) is 2.27. The van der Waals surface area contributed by atoms with Crippen molar-refractivity contribution in [1.29, 1.82) is 0 Å². The quantitative estimate of drug-likeness (QED) is 0.735. The van der Waals surface area contributed by atoms with Crippen LogP contribution in [0.25, 0.3) is 22.0 Å². The van der Waals surface area contributed by atoms with Crippen LogP contribution in [0.4, 0.5) is 0 Å². The molecule has 0 aliphatic rings. The van der Waals surface area contributed by atoms with E-state index < -0.39 is 0 Å². The van der Waals surface area contributed by atoms with Crippen LogP contribution >= 0.6 is 0 Å². The van der Waals surface area contributed by atoms with Crippen molar-refractivity contribution in [3.8, 4) is 11.1 Å². The minimum Gasteiger partial charge on any atom is -0.466 e. The minimum atomic E-state index is -0.181. The summed E-state index contributed by atoms with van der Waals surface area (Å²) in [5.41, 5.74) is 4.42. The van der Waals surface area contributed by atoms with Crippen LogP contribution in [0.2, 0.25) is 0 Å². The second-order valence-electron chi connectivity index (χ2n) is 4.96. The molecule has 2 aromatic carbocycles. The maximum absolute atomic E-state index is 11.5. The standard InChI is InChI=1S/C18H17NO2/c1-2-21-18(20)11-13-3-5-14(6-4-13)15-7-8-17-16(12-15)9-10-19-17/h3-10,12,19H,2,11H2,1H3. The summed E-state index contributed by atoms with van der Waals surface area (Å²) in [6, 6.07) is 16.4. The van der Waals surface area contributed by atoms with Gasteiger partial charge in [-0.25, -0.2) is 0 Å². The van der Waals surface area contributed by atoms with E-state index in [4.69, 9.17) is 4.74 Å². The zero-order valence-electron chi connectivity index (χ0n) is 11.9. The van der Waals surface area contributed by atoms with Crippen LogP contribution in [0.1, 0.15) is 12.5 Å². The Balaban J connectivity index is 1.81. The number of rotatable bonds is 4. The number of H-pyrrole nitrogens is 1. The molecule has 0 saturated heterocycles. The first kappa shape index (κ1) is 13.4. The van der Waals surface area contributed by atoms with Crippen LogP contribution in [0.3, 0.4) is 0 Å². The molecule has 0 aliphatic carbocycles. The van der Waals surface area contributed by atoms with Gasteiger partial charge in [0.15, 0.2) is 0 Å². The van der Waals surface area contributed by atoms with Crippen molar-refractivity contribution in [3.63, 3.8) is 0 Å². The van der Waals surface area contributed by atoms with E-state index in [9.17, 15) is 4.79 Å². The van der Waals surface area contributed by atoms with Crippen LogP contribution < -0.4 is 0 Å². The number of esters is 1. The highest BCUT2D eigenvalue weighted by Crippen LogP contribution is 2.24. The van der Waals surface area contributed by atoms with Gasteiger partial charge in [-0.2, -0.15) is 0 Å². The van der Waals surface area contributed by atoms with Crippen molar-refractivity contribution in [2.75, 3.05) is 6.61 Å². The summed E-state index contributed by atoms with van der Waals surface area (Å²) in [6.45, 7) is 2.24. The van der Waals surface area contributed by atoms with E-state index in [0.29, 0.717) is 13.0 Å². The van der Waals surface area contributed by atoms with Crippen molar-refractivity contribution in [3.05, 3.63) is 60.3 Å². The smallest absolute Gasteiger partial charge is 0.310 e. The highest BCUT2D eigenvalue weighted by molar-refractivity contribution is 5.85. The predicted octanol–water partition coefficient (Wildman–Crippen LogP) is 3.94. The first-order chi connectivity index (χ1) is 10.3. The van der Waals surface area contributed by atoms with E-state index in [1.807, 2.05) is 37.4 Å². The van der Waals surface area contributed by atoms with E-state index in [1.165, 1.54) is 10.9 Å². The molecular weight excluding hydrogens is 262 g/mol. The van der Waals surface area contributed by atoms with E-state index >= 15 is 0 Å². The largest absolute Gasteiger partial charge is 0.466 e. The van der Waals surface area contributed by atoms with Crippen molar-refractivity contribution in [2.24, 2.45) is 0 Å². The van der Waals surface area contributed by atoms with E-state index in [1.54, 1.807) is 0 Å². The van der Waals surface area contributed by atoms with Gasteiger partial charge in [-0.15, -0.1) is 0 Å². The lowest BCUT2D eigenvalue weighted by Gasteiger charge is -2.05. The summed E-state index contributed by atoms with van der Waals surface area (Å²) in [5, 5.41) is 1.20. The molecule has 3 heteroatoms. The van der Waals surface area contributed by atoms with Crippen LogP contribution in [-0.2, 0) is 16.0 Å². The summed E-state index contributed by atoms with van der Waals surface area (Å²) in [4.78, 5) is 14.6. The Kier molecular flexibility index (Phi) is 3.73. The lowest BCUT2D eigenvalue weighted by atomic mass is 10.0. The van der Waals surface area contributed by atoms with Crippen LogP contribution in [-0.4, -0.2) is 17.6 Å². The molecule has 106 valence electrons. The first-order valence-corrected chi connectivity index (χ1v) is 7.08. The van der Waals surface area contributed by atoms with Gasteiger partial charge in [0.05, 0.1) is 13.0 Å². The Morgan fingerprint density at radius 2 is 1.81 bits per heavy atom. The second-order valence-corrected chi connectivity index (χ2v) is 4.96. The normalized spacial score (nSPS) is 10.7. The Bertz CT molecular complexity index is 756. The third-order valence-electron chi connectivity index (χ3n) is 3.49. The summed E-state index contributed by atoms with van der Waals surface area (Å²) < 4.78 is 4.96. The molecule has 1 N–H and O–H groups in total. The van der Waals surface area contributed by atoms with E-state index in [-0.39, 0.29) is 5.97 Å². The number of ether oxygens (including phenoxy) is 1. The van der Waals surface area contributed by atoms with Gasteiger partial charge in [-0.05, 0) is 47.2 Å². The van der Waals surface area contributed by atoms with Gasteiger partial charge in [-0.3, -0.25) is 4.79 Å². The van der Waals surface area contributed by atoms with Crippen molar-refractivity contribution in [1.82, 2.24) is 4.98 Å². The van der Waals surface area contributed by atoms with Gasteiger partial charge in [-0.1, -0.05) is 30.3 Å². The van der Waals surface area contributed by atoms with Crippen molar-refractivity contribution < 1.29 is 9.53 Å². The molecule has 0 atom stereocenters. The molecule has 0 saturated carbocycles. The number of carbonyl (C=O) groups excluding carboxylic acids is 1. The Morgan fingerprint density at radius 3 is 2.57 bits per heavy atom. The topological polar surface area (TPSA) is 42.1 Å². The molecular formula is C18H17NO2. The number of nitrogens with one attached hydrogen (secondary N) is 1. The fourth-order valence-corrected chi connectivity index (χ4v) is 2.43. The van der Waals surface area contributed by atoms with E-state index in [0.717, 1.165) is 16.6 Å². The molecule has 3 nitrogen and oxygen atoms in total. The number of fused-ring (bicyclic) bond motifs is 1. The average molecular weight is 279 g/mol. The third kappa shape index (κ3) is 2.97. The summed E-state index contributed by atoms with van der Waals surface area (Å²) >= 11 is 0. The highest BCUT2D eigenvalue weighted by atomic mass is 16.5. The molecule has 0 fully saturated rings. The SMILES string of the molecule is CCOC(=O)Cc1ccc(-c2ccc3[nH]ccc3c2)cc1. The van der Waals surface area contributed by atoms with Gasteiger partial charge >= 0.3 is 5.97 Å². The molecule has 1 heterocycles. The van der Waals surface area contributed by atoms with Gasteiger partial charge in [0, 0.05) is 11.7 Å². The van der Waals surface area contributed by atoms with Crippen LogP contribution in [0, 0.1) is 0 Å². The van der Waals surface area contributed by atoms with Gasteiger partial charge < -0.3 is 9.72 Å². The number of benzene rings is 2. The maximum atomic E-state index is 11.5. The van der Waals surface area contributed by atoms with Crippen LogP contribution in [0.5, 0.6) is 0 Å². The molecule has 0 unspecified atom stereocenters. The Morgan fingerprint density at radius 1 is 1.05 bits per heavy atom.